The molecule has 0 saturated heterocycles. The average Bonchev–Trinajstić information content (AvgIpc) is 2.81. The Morgan fingerprint density at radius 2 is 2.21 bits per heavy atom. The highest BCUT2D eigenvalue weighted by Crippen LogP contribution is 2.29. The molecule has 1 aromatic carbocycles. The van der Waals surface area contributed by atoms with Crippen molar-refractivity contribution in [1.29, 1.82) is 0 Å². The van der Waals surface area contributed by atoms with Crippen LogP contribution in [0.3, 0.4) is 0 Å². The van der Waals surface area contributed by atoms with E-state index in [1.165, 1.54) is 6.07 Å². The third kappa shape index (κ3) is 3.27. The molecule has 0 unspecified atom stereocenters. The maximum absolute atomic E-state index is 10.5. The number of nitrogens with zero attached hydrogens (tertiary/aromatic N) is 1. The number of anilines is 1. The van der Waals surface area contributed by atoms with Gasteiger partial charge < -0.3 is 9.73 Å². The smallest absolute Gasteiger partial charge is 0.404 e. The zero-order chi connectivity index (χ0) is 14.0. The molecule has 0 aliphatic heterocycles. The summed E-state index contributed by atoms with van der Waals surface area (Å²) < 4.78 is 5.92. The summed E-state index contributed by atoms with van der Waals surface area (Å²) in [5, 5.41) is 14.2. The number of aryl methyl sites for hydroxylation is 1. The molecule has 0 aliphatic carbocycles. The predicted molar refractivity (Wildman–Crippen MR) is 76.6 cm³/mol. The lowest BCUT2D eigenvalue weighted by molar-refractivity contribution is -0.402. The molecule has 2 aromatic rings. The molecule has 0 bridgehead atoms. The third-order valence-electron chi connectivity index (χ3n) is 2.53. The van der Waals surface area contributed by atoms with Gasteiger partial charge in [-0.2, -0.15) is 0 Å². The monoisotopic (exact) mass is 344 g/mol. The van der Waals surface area contributed by atoms with Gasteiger partial charge in [-0.25, -0.2) is 0 Å². The van der Waals surface area contributed by atoms with Crippen molar-refractivity contribution >= 4 is 39.1 Å². The lowest BCUT2D eigenvalue weighted by atomic mass is 10.2. The number of hydrogen-bond donors (Lipinski definition) is 1. The van der Waals surface area contributed by atoms with Crippen molar-refractivity contribution in [3.05, 3.63) is 55.2 Å². The van der Waals surface area contributed by atoms with Crippen LogP contribution in [0.25, 0.3) is 0 Å². The SMILES string of the molecule is Cc1cc(Br)c(NCc2ccc([N+](=O)[O-])o2)cc1Cl. The maximum atomic E-state index is 10.5. The van der Waals surface area contributed by atoms with Gasteiger partial charge in [-0.1, -0.05) is 11.6 Å². The minimum atomic E-state index is -0.567. The Bertz CT molecular complexity index is 627. The summed E-state index contributed by atoms with van der Waals surface area (Å²) in [5.74, 6) is 0.216. The van der Waals surface area contributed by atoms with Crippen LogP contribution >= 0.6 is 27.5 Å². The van der Waals surface area contributed by atoms with Crippen molar-refractivity contribution in [2.75, 3.05) is 5.32 Å². The summed E-state index contributed by atoms with van der Waals surface area (Å²) in [6, 6.07) is 6.58. The fourth-order valence-corrected chi connectivity index (χ4v) is 2.29. The highest BCUT2D eigenvalue weighted by atomic mass is 79.9. The fourth-order valence-electron chi connectivity index (χ4n) is 1.52. The van der Waals surface area contributed by atoms with Gasteiger partial charge in [0, 0.05) is 9.50 Å². The van der Waals surface area contributed by atoms with E-state index in [0.29, 0.717) is 17.3 Å². The van der Waals surface area contributed by atoms with Gasteiger partial charge >= 0.3 is 5.88 Å². The molecule has 0 radical (unpaired) electrons. The number of benzene rings is 1. The van der Waals surface area contributed by atoms with E-state index in [9.17, 15) is 10.1 Å². The van der Waals surface area contributed by atoms with Gasteiger partial charge in [-0.05, 0) is 46.6 Å². The average molecular weight is 346 g/mol. The van der Waals surface area contributed by atoms with Gasteiger partial charge in [0.2, 0.25) is 0 Å². The fraction of sp³-hybridized carbons (Fsp3) is 0.167. The third-order valence-corrected chi connectivity index (χ3v) is 3.59. The molecule has 1 N–H and O–H groups in total. The second-order valence-electron chi connectivity index (χ2n) is 3.93. The van der Waals surface area contributed by atoms with E-state index < -0.39 is 4.92 Å². The molecule has 0 fully saturated rings. The second-order valence-corrected chi connectivity index (χ2v) is 5.19. The summed E-state index contributed by atoms with van der Waals surface area (Å²) >= 11 is 9.46. The maximum Gasteiger partial charge on any atom is 0.433 e. The summed E-state index contributed by atoms with van der Waals surface area (Å²) in [6.07, 6.45) is 0. The molecule has 2 rings (SSSR count). The van der Waals surface area contributed by atoms with Gasteiger partial charge in [0.15, 0.2) is 0 Å². The van der Waals surface area contributed by atoms with Gasteiger partial charge in [0.1, 0.15) is 10.7 Å². The molecular formula is C12H10BrClN2O3. The highest BCUT2D eigenvalue weighted by Gasteiger charge is 2.12. The Balaban J connectivity index is 2.09. The summed E-state index contributed by atoms with van der Waals surface area (Å²) in [6.45, 7) is 2.25. The molecule has 19 heavy (non-hydrogen) atoms. The molecule has 5 nitrogen and oxygen atoms in total. The Morgan fingerprint density at radius 1 is 1.47 bits per heavy atom. The summed E-state index contributed by atoms with van der Waals surface area (Å²) in [4.78, 5) is 9.92. The zero-order valence-corrected chi connectivity index (χ0v) is 12.3. The highest BCUT2D eigenvalue weighted by molar-refractivity contribution is 9.10. The number of nitrogens with one attached hydrogen (secondary N) is 1. The molecule has 1 aromatic heterocycles. The van der Waals surface area contributed by atoms with Gasteiger partial charge in [-0.3, -0.25) is 10.1 Å². The first-order valence-electron chi connectivity index (χ1n) is 5.40. The first-order valence-corrected chi connectivity index (χ1v) is 6.57. The molecule has 1 heterocycles. The van der Waals surface area contributed by atoms with Crippen LogP contribution in [0, 0.1) is 17.0 Å². The number of furan rings is 1. The van der Waals surface area contributed by atoms with Crippen molar-refractivity contribution in [3.63, 3.8) is 0 Å². The standard InChI is InChI=1S/C12H10BrClN2O3/c1-7-4-9(13)11(5-10(7)14)15-6-8-2-3-12(19-8)16(17)18/h2-5,15H,6H2,1H3. The molecular weight excluding hydrogens is 336 g/mol. The Hall–Kier alpha value is -1.53. The lowest BCUT2D eigenvalue weighted by Gasteiger charge is -2.09. The zero-order valence-electron chi connectivity index (χ0n) is 9.94. The van der Waals surface area contributed by atoms with Crippen molar-refractivity contribution < 1.29 is 9.34 Å². The molecule has 0 atom stereocenters. The number of hydrogen-bond acceptors (Lipinski definition) is 4. The van der Waals surface area contributed by atoms with Gasteiger partial charge in [0.05, 0.1) is 18.3 Å². The Labute approximate surface area is 122 Å². The Morgan fingerprint density at radius 3 is 2.84 bits per heavy atom. The van der Waals surface area contributed by atoms with E-state index in [1.807, 2.05) is 13.0 Å². The van der Waals surface area contributed by atoms with Crippen molar-refractivity contribution in [2.45, 2.75) is 13.5 Å². The first kappa shape index (κ1) is 13.9. The van der Waals surface area contributed by atoms with Crippen molar-refractivity contribution in [3.8, 4) is 0 Å². The quantitative estimate of drug-likeness (QED) is 0.653. The number of halogens is 2. The Kier molecular flexibility index (Phi) is 4.11. The van der Waals surface area contributed by atoms with Crippen molar-refractivity contribution in [1.82, 2.24) is 0 Å². The molecule has 0 saturated carbocycles. The van der Waals surface area contributed by atoms with Crippen LogP contribution < -0.4 is 5.32 Å². The molecule has 100 valence electrons. The van der Waals surface area contributed by atoms with E-state index in [1.54, 1.807) is 12.1 Å². The van der Waals surface area contributed by atoms with Gasteiger partial charge in [0.25, 0.3) is 0 Å². The van der Waals surface area contributed by atoms with Gasteiger partial charge in [-0.15, -0.1) is 0 Å². The second kappa shape index (κ2) is 5.63. The van der Waals surface area contributed by atoms with Crippen LogP contribution in [0.1, 0.15) is 11.3 Å². The first-order chi connectivity index (χ1) is 8.97. The van der Waals surface area contributed by atoms with Crippen LogP contribution in [-0.2, 0) is 6.54 Å². The molecule has 0 aliphatic rings. The van der Waals surface area contributed by atoms with E-state index in [2.05, 4.69) is 21.2 Å². The largest absolute Gasteiger partial charge is 0.433 e. The lowest BCUT2D eigenvalue weighted by Crippen LogP contribution is -1.99. The minimum absolute atomic E-state index is 0.266. The van der Waals surface area contributed by atoms with E-state index >= 15 is 0 Å². The molecule has 0 spiro atoms. The van der Waals surface area contributed by atoms with Crippen LogP contribution in [0.15, 0.2) is 33.2 Å². The summed E-state index contributed by atoms with van der Waals surface area (Å²) in [5.41, 5.74) is 1.77. The number of rotatable bonds is 4. The molecule has 7 heteroatoms. The van der Waals surface area contributed by atoms with Crippen LogP contribution in [0.5, 0.6) is 0 Å². The minimum Gasteiger partial charge on any atom is -0.404 e. The van der Waals surface area contributed by atoms with E-state index in [-0.39, 0.29) is 5.88 Å². The molecule has 0 amide bonds. The predicted octanol–water partition coefficient (Wildman–Crippen LogP) is 4.52. The van der Waals surface area contributed by atoms with Crippen LogP contribution in [0.2, 0.25) is 5.02 Å². The van der Waals surface area contributed by atoms with Crippen LogP contribution in [-0.4, -0.2) is 4.92 Å². The summed E-state index contributed by atoms with van der Waals surface area (Å²) in [7, 11) is 0. The van der Waals surface area contributed by atoms with E-state index in [0.717, 1.165) is 15.7 Å². The number of nitro groups is 1. The van der Waals surface area contributed by atoms with Crippen molar-refractivity contribution in [2.24, 2.45) is 0 Å². The van der Waals surface area contributed by atoms with Crippen LogP contribution in [0.4, 0.5) is 11.6 Å². The normalized spacial score (nSPS) is 10.5. The van der Waals surface area contributed by atoms with E-state index in [4.69, 9.17) is 16.0 Å². The topological polar surface area (TPSA) is 68.3 Å².